The van der Waals surface area contributed by atoms with Gasteiger partial charge in [-0.25, -0.2) is 9.97 Å². The van der Waals surface area contributed by atoms with Crippen molar-refractivity contribution in [2.75, 3.05) is 13.1 Å². The summed E-state index contributed by atoms with van der Waals surface area (Å²) in [4.78, 5) is 36.6. The number of rotatable bonds is 6. The van der Waals surface area contributed by atoms with E-state index >= 15 is 0 Å². The normalized spacial score (nSPS) is 16.3. The minimum absolute atomic E-state index is 0.0968. The first-order chi connectivity index (χ1) is 16.9. The van der Waals surface area contributed by atoms with Gasteiger partial charge in [0.15, 0.2) is 5.65 Å². The Labute approximate surface area is 203 Å². The van der Waals surface area contributed by atoms with E-state index in [1.807, 2.05) is 53.4 Å². The molecule has 4 aromatic rings. The smallest absolute Gasteiger partial charge is 0.262 e. The van der Waals surface area contributed by atoms with Crippen LogP contribution in [0.15, 0.2) is 78.1 Å². The van der Waals surface area contributed by atoms with Gasteiger partial charge in [-0.15, -0.1) is 0 Å². The first kappa shape index (κ1) is 23.0. The van der Waals surface area contributed by atoms with E-state index in [-0.39, 0.29) is 23.9 Å². The summed E-state index contributed by atoms with van der Waals surface area (Å²) in [5, 5.41) is 11.7. The van der Waals surface area contributed by atoms with Gasteiger partial charge in [0.1, 0.15) is 12.1 Å². The van der Waals surface area contributed by atoms with Gasteiger partial charge in [-0.1, -0.05) is 43.3 Å². The number of nitrogens with zero attached hydrogens (tertiary/aromatic N) is 5. The Balaban J connectivity index is 1.25. The van der Waals surface area contributed by atoms with E-state index in [0.29, 0.717) is 49.2 Å². The summed E-state index contributed by atoms with van der Waals surface area (Å²) < 4.78 is 3.25. The minimum Gasteiger partial charge on any atom is -0.388 e. The zero-order valence-corrected chi connectivity index (χ0v) is 19.7. The lowest BCUT2D eigenvalue weighted by Gasteiger charge is -2.38. The lowest BCUT2D eigenvalue weighted by atomic mass is 9.90. The van der Waals surface area contributed by atoms with Crippen LogP contribution in [0.3, 0.4) is 0 Å². The Hall–Kier alpha value is -3.78. The summed E-state index contributed by atoms with van der Waals surface area (Å²) in [7, 11) is 0. The Kier molecular flexibility index (Phi) is 6.21. The molecule has 4 heterocycles. The summed E-state index contributed by atoms with van der Waals surface area (Å²) in [6.45, 7) is 3.14. The van der Waals surface area contributed by atoms with Gasteiger partial charge in [-0.2, -0.15) is 0 Å². The molecular weight excluding hydrogens is 442 g/mol. The van der Waals surface area contributed by atoms with Gasteiger partial charge in [-0.3, -0.25) is 18.7 Å². The molecule has 1 amide bonds. The average molecular weight is 472 g/mol. The van der Waals surface area contributed by atoms with Crippen LogP contribution in [0.2, 0.25) is 0 Å². The van der Waals surface area contributed by atoms with E-state index < -0.39 is 5.60 Å². The Morgan fingerprint density at radius 1 is 1.06 bits per heavy atom. The van der Waals surface area contributed by atoms with Gasteiger partial charge >= 0.3 is 0 Å². The maximum atomic E-state index is 13.1. The zero-order chi connectivity index (χ0) is 24.4. The number of fused-ring (bicyclic) bond motifs is 1. The number of pyridine rings is 1. The summed E-state index contributed by atoms with van der Waals surface area (Å²) in [5.74, 6) is 0.920. The second-order valence-corrected chi connectivity index (χ2v) is 9.41. The fourth-order valence-corrected chi connectivity index (χ4v) is 4.79. The van der Waals surface area contributed by atoms with Gasteiger partial charge in [-0.05, 0) is 42.5 Å². The van der Waals surface area contributed by atoms with Crippen molar-refractivity contribution >= 4 is 16.9 Å². The Morgan fingerprint density at radius 3 is 2.51 bits per heavy atom. The van der Waals surface area contributed by atoms with Crippen LogP contribution in [0.5, 0.6) is 0 Å². The van der Waals surface area contributed by atoms with Crippen LogP contribution in [0.4, 0.5) is 0 Å². The number of amides is 1. The van der Waals surface area contributed by atoms with Gasteiger partial charge in [0.05, 0.1) is 17.5 Å². The highest BCUT2D eigenvalue weighted by Gasteiger charge is 2.35. The van der Waals surface area contributed by atoms with Crippen LogP contribution in [0, 0.1) is 0 Å². The van der Waals surface area contributed by atoms with Crippen LogP contribution in [-0.2, 0) is 11.3 Å². The van der Waals surface area contributed by atoms with Crippen molar-refractivity contribution in [3.63, 3.8) is 0 Å². The quantitative estimate of drug-likeness (QED) is 0.466. The number of carbonyl (C=O) groups is 1. The highest BCUT2D eigenvalue weighted by molar-refractivity contribution is 5.77. The van der Waals surface area contributed by atoms with E-state index in [1.165, 1.54) is 10.9 Å². The van der Waals surface area contributed by atoms with E-state index in [9.17, 15) is 14.7 Å². The first-order valence-electron chi connectivity index (χ1n) is 12.0. The van der Waals surface area contributed by atoms with Crippen molar-refractivity contribution in [2.45, 2.75) is 44.2 Å². The van der Waals surface area contributed by atoms with Crippen LogP contribution < -0.4 is 5.56 Å². The Morgan fingerprint density at radius 2 is 1.80 bits per heavy atom. The third-order valence-corrected chi connectivity index (χ3v) is 6.93. The molecule has 0 unspecified atom stereocenters. The number of benzene rings is 1. The molecule has 1 aliphatic heterocycles. The van der Waals surface area contributed by atoms with Crippen molar-refractivity contribution in [3.8, 4) is 5.82 Å². The highest BCUT2D eigenvalue weighted by atomic mass is 16.3. The lowest BCUT2D eigenvalue weighted by Crippen LogP contribution is -2.49. The van der Waals surface area contributed by atoms with Gasteiger partial charge in [0.25, 0.3) is 5.56 Å². The summed E-state index contributed by atoms with van der Waals surface area (Å²) in [6.07, 6.45) is 6.23. The lowest BCUT2D eigenvalue weighted by molar-refractivity contribution is -0.136. The highest BCUT2D eigenvalue weighted by Crippen LogP contribution is 2.26. The zero-order valence-electron chi connectivity index (χ0n) is 19.7. The molecule has 8 heteroatoms. The molecule has 0 saturated carbocycles. The van der Waals surface area contributed by atoms with Gasteiger partial charge in [0.2, 0.25) is 5.91 Å². The van der Waals surface area contributed by atoms with Gasteiger partial charge < -0.3 is 10.0 Å². The minimum atomic E-state index is -1.06. The van der Waals surface area contributed by atoms with Crippen LogP contribution in [-0.4, -0.2) is 53.7 Å². The number of piperidine rings is 1. The molecule has 1 N–H and O–H groups in total. The Bertz CT molecular complexity index is 1370. The van der Waals surface area contributed by atoms with E-state index in [1.54, 1.807) is 23.0 Å². The predicted octanol–water partition coefficient (Wildman–Crippen LogP) is 3.13. The third kappa shape index (κ3) is 4.74. The first-order valence-corrected chi connectivity index (χ1v) is 12.0. The largest absolute Gasteiger partial charge is 0.388 e. The second kappa shape index (κ2) is 9.46. The van der Waals surface area contributed by atoms with E-state index in [2.05, 4.69) is 16.9 Å². The fraction of sp³-hybridized carbons (Fsp3) is 0.333. The number of aromatic nitrogens is 4. The molecule has 0 aliphatic carbocycles. The molecule has 1 fully saturated rings. The molecule has 1 atom stereocenters. The molecule has 0 bridgehead atoms. The molecule has 1 saturated heterocycles. The van der Waals surface area contributed by atoms with Crippen molar-refractivity contribution in [1.29, 1.82) is 0 Å². The molecule has 1 aromatic carbocycles. The number of likely N-dealkylation sites (tertiary alicyclic amines) is 1. The summed E-state index contributed by atoms with van der Waals surface area (Å²) in [5.41, 5.74) is 0.414. The molecule has 35 heavy (non-hydrogen) atoms. The number of hydrogen-bond donors (Lipinski definition) is 1. The van der Waals surface area contributed by atoms with Crippen molar-refractivity contribution in [2.24, 2.45) is 0 Å². The molecule has 3 aromatic heterocycles. The maximum Gasteiger partial charge on any atom is 0.262 e. The molecule has 5 rings (SSSR count). The van der Waals surface area contributed by atoms with Crippen molar-refractivity contribution in [1.82, 2.24) is 24.0 Å². The van der Waals surface area contributed by atoms with E-state index in [0.717, 1.165) is 5.56 Å². The topological polar surface area (TPSA) is 93.2 Å². The second-order valence-electron chi connectivity index (χ2n) is 9.41. The maximum absolute atomic E-state index is 13.1. The molecule has 0 radical (unpaired) electrons. The number of hydrogen-bond acceptors (Lipinski definition) is 5. The molecule has 1 aliphatic rings. The van der Waals surface area contributed by atoms with Crippen molar-refractivity contribution in [3.05, 3.63) is 89.2 Å². The monoisotopic (exact) mass is 471 g/mol. The molecular formula is C27H29N5O3. The average Bonchev–Trinajstić information content (AvgIpc) is 3.32. The number of carbonyl (C=O) groups excluding carboxylic acids is 1. The standard InChI is InChI=1S/C27H29N5O3/c1-20(21-7-3-2-4-8-21)17-24(33)30-15-11-27(35,12-16-30)18-31-19-29-25-22(26(31)34)10-14-32(25)23-9-5-6-13-28-23/h2-10,13-14,19-20,35H,11-12,15-18H2,1H3/t20-/m1/s1. The molecule has 180 valence electrons. The van der Waals surface area contributed by atoms with Crippen LogP contribution in [0.1, 0.15) is 37.7 Å². The summed E-state index contributed by atoms with van der Waals surface area (Å²) in [6, 6.07) is 17.3. The molecule has 8 nitrogen and oxygen atoms in total. The number of aliphatic hydroxyl groups is 1. The van der Waals surface area contributed by atoms with Crippen LogP contribution >= 0.6 is 0 Å². The molecule has 0 spiro atoms. The SMILES string of the molecule is C[C@H](CC(=O)N1CCC(O)(Cn2cnc3c(ccn3-c3ccccn3)c2=O)CC1)c1ccccc1. The third-order valence-electron chi connectivity index (χ3n) is 6.93. The van der Waals surface area contributed by atoms with E-state index in [4.69, 9.17) is 0 Å². The fourth-order valence-electron chi connectivity index (χ4n) is 4.79. The van der Waals surface area contributed by atoms with Gasteiger partial charge in [0, 0.05) is 31.9 Å². The van der Waals surface area contributed by atoms with Crippen molar-refractivity contribution < 1.29 is 9.90 Å². The predicted molar refractivity (Wildman–Crippen MR) is 133 cm³/mol. The van der Waals surface area contributed by atoms with Crippen LogP contribution in [0.25, 0.3) is 16.9 Å². The summed E-state index contributed by atoms with van der Waals surface area (Å²) >= 11 is 0.